The number of hydrogen-bond acceptors (Lipinski definition) is 7. The summed E-state index contributed by atoms with van der Waals surface area (Å²) in [5.74, 6) is -0.870. The van der Waals surface area contributed by atoms with Gasteiger partial charge in [-0.1, -0.05) is 49.0 Å². The predicted octanol–water partition coefficient (Wildman–Crippen LogP) is 1.25. The fraction of sp³-hybridized carbons (Fsp3) is 0.294. The van der Waals surface area contributed by atoms with Crippen molar-refractivity contribution in [1.82, 2.24) is 15.3 Å². The third kappa shape index (κ3) is 5.09. The molecule has 1 amide bonds. The lowest BCUT2D eigenvalue weighted by Crippen LogP contribution is -2.39. The molecule has 0 spiro atoms. The van der Waals surface area contributed by atoms with Gasteiger partial charge in [0.15, 0.2) is 11.2 Å². The van der Waals surface area contributed by atoms with E-state index in [1.807, 2.05) is 13.0 Å². The zero-order chi connectivity index (χ0) is 19.1. The number of carbonyl (C=O) groups is 2. The summed E-state index contributed by atoms with van der Waals surface area (Å²) in [6.07, 6.45) is 0.456. The van der Waals surface area contributed by atoms with E-state index in [4.69, 9.17) is 10.5 Å². The molecule has 4 N–H and O–H groups in total. The van der Waals surface area contributed by atoms with E-state index in [9.17, 15) is 14.4 Å². The predicted molar refractivity (Wildman–Crippen MR) is 98.5 cm³/mol. The number of methoxy groups -OCH3 is 1. The van der Waals surface area contributed by atoms with Crippen molar-refractivity contribution in [3.63, 3.8) is 0 Å². The number of rotatable bonds is 7. The van der Waals surface area contributed by atoms with Crippen LogP contribution in [0.15, 0.2) is 46.3 Å². The highest BCUT2D eigenvalue weighted by atomic mass is 32.2. The maximum atomic E-state index is 12.7. The lowest BCUT2D eigenvalue weighted by atomic mass is 10.1. The number of anilines is 1. The highest BCUT2D eigenvalue weighted by Gasteiger charge is 2.27. The Morgan fingerprint density at radius 1 is 1.35 bits per heavy atom. The Balaban J connectivity index is 2.17. The van der Waals surface area contributed by atoms with Gasteiger partial charge in [-0.3, -0.25) is 9.59 Å². The van der Waals surface area contributed by atoms with Crippen molar-refractivity contribution >= 4 is 29.5 Å². The largest absolute Gasteiger partial charge is 0.467 e. The van der Waals surface area contributed by atoms with Crippen molar-refractivity contribution in [1.29, 1.82) is 0 Å². The first kappa shape index (κ1) is 19.5. The third-order valence-corrected chi connectivity index (χ3v) is 4.76. The number of nitrogens with two attached hydrogens (primary N) is 1. The first-order chi connectivity index (χ1) is 12.4. The minimum Gasteiger partial charge on any atom is -0.467 e. The van der Waals surface area contributed by atoms with Crippen molar-refractivity contribution in [3.8, 4) is 0 Å². The van der Waals surface area contributed by atoms with Gasteiger partial charge in [0, 0.05) is 6.07 Å². The van der Waals surface area contributed by atoms with Crippen molar-refractivity contribution in [2.24, 2.45) is 0 Å². The van der Waals surface area contributed by atoms with Gasteiger partial charge in [-0.15, -0.1) is 0 Å². The molecule has 9 heteroatoms. The molecular formula is C17H20N4O4S. The number of nitrogens with one attached hydrogen (secondary N) is 2. The van der Waals surface area contributed by atoms with Crippen LogP contribution >= 0.6 is 11.8 Å². The number of nitrogen functional groups attached to an aromatic ring is 1. The molecule has 0 saturated carbocycles. The van der Waals surface area contributed by atoms with Crippen LogP contribution in [0.1, 0.15) is 24.9 Å². The molecule has 1 aromatic heterocycles. The molecule has 8 nitrogen and oxygen atoms in total. The zero-order valence-corrected chi connectivity index (χ0v) is 15.2. The van der Waals surface area contributed by atoms with E-state index >= 15 is 0 Å². The summed E-state index contributed by atoms with van der Waals surface area (Å²) < 4.78 is 4.79. The van der Waals surface area contributed by atoms with Crippen LogP contribution in [0, 0.1) is 0 Å². The Morgan fingerprint density at radius 2 is 2.04 bits per heavy atom. The Bertz CT molecular complexity index is 825. The van der Waals surface area contributed by atoms with E-state index in [1.165, 1.54) is 7.11 Å². The minimum atomic E-state index is -0.920. The Morgan fingerprint density at radius 3 is 2.62 bits per heavy atom. The van der Waals surface area contributed by atoms with Crippen LogP contribution in [0.5, 0.6) is 0 Å². The minimum absolute atomic E-state index is 0.0724. The molecule has 26 heavy (non-hydrogen) atoms. The fourth-order valence-corrected chi connectivity index (χ4v) is 3.17. The third-order valence-electron chi connectivity index (χ3n) is 3.51. The average molecular weight is 376 g/mol. The second-order valence-corrected chi connectivity index (χ2v) is 6.56. The summed E-state index contributed by atoms with van der Waals surface area (Å²) in [5.41, 5.74) is 5.78. The molecule has 2 aromatic rings. The summed E-state index contributed by atoms with van der Waals surface area (Å²) in [5, 5.41) is 2.37. The lowest BCUT2D eigenvalue weighted by Gasteiger charge is -2.20. The van der Waals surface area contributed by atoms with Crippen LogP contribution < -0.4 is 16.6 Å². The fourth-order valence-electron chi connectivity index (χ4n) is 2.24. The molecule has 0 aliphatic heterocycles. The van der Waals surface area contributed by atoms with Crippen molar-refractivity contribution < 1.29 is 14.3 Å². The molecule has 0 unspecified atom stereocenters. The van der Waals surface area contributed by atoms with E-state index in [2.05, 4.69) is 15.3 Å². The number of ether oxygens (including phenoxy) is 1. The normalized spacial score (nSPS) is 12.8. The smallest absolute Gasteiger partial charge is 0.333 e. The van der Waals surface area contributed by atoms with Crippen LogP contribution in [0.4, 0.5) is 5.82 Å². The van der Waals surface area contributed by atoms with Gasteiger partial charge < -0.3 is 20.8 Å². The molecule has 0 aliphatic rings. The molecule has 138 valence electrons. The molecule has 0 aliphatic carbocycles. The van der Waals surface area contributed by atoms with Crippen LogP contribution in [0.2, 0.25) is 0 Å². The molecule has 1 heterocycles. The molecule has 0 bridgehead atoms. The van der Waals surface area contributed by atoms with Crippen molar-refractivity contribution in [3.05, 3.63) is 52.3 Å². The van der Waals surface area contributed by atoms with Gasteiger partial charge in [0.25, 0.3) is 5.56 Å². The number of esters is 1. The van der Waals surface area contributed by atoms with Gasteiger partial charge >= 0.3 is 5.97 Å². The van der Waals surface area contributed by atoms with E-state index in [1.54, 1.807) is 24.3 Å². The van der Waals surface area contributed by atoms with Crippen LogP contribution in [0.25, 0.3) is 0 Å². The molecule has 1 aromatic carbocycles. The summed E-state index contributed by atoms with van der Waals surface area (Å²) in [6.45, 7) is 1.82. The number of H-pyrrole nitrogens is 1. The van der Waals surface area contributed by atoms with E-state index in [0.717, 1.165) is 17.8 Å². The van der Waals surface area contributed by atoms with Gasteiger partial charge in [0.2, 0.25) is 5.91 Å². The van der Waals surface area contributed by atoms with Crippen molar-refractivity contribution in [2.45, 2.75) is 29.8 Å². The van der Waals surface area contributed by atoms with E-state index in [-0.39, 0.29) is 16.9 Å². The first-order valence-electron chi connectivity index (χ1n) is 7.91. The van der Waals surface area contributed by atoms with Gasteiger partial charge in [0.1, 0.15) is 5.82 Å². The van der Waals surface area contributed by atoms with Gasteiger partial charge in [0.05, 0.1) is 12.4 Å². The second-order valence-electron chi connectivity index (χ2n) is 5.37. The summed E-state index contributed by atoms with van der Waals surface area (Å²) >= 11 is 1.07. The molecule has 0 saturated heterocycles. The van der Waals surface area contributed by atoms with Gasteiger partial charge in [-0.2, -0.15) is 0 Å². The second kappa shape index (κ2) is 9.04. The number of benzene rings is 1. The zero-order valence-electron chi connectivity index (χ0n) is 14.4. The van der Waals surface area contributed by atoms with Gasteiger partial charge in [-0.25, -0.2) is 9.78 Å². The highest BCUT2D eigenvalue weighted by Crippen LogP contribution is 2.23. The first-order valence-corrected chi connectivity index (χ1v) is 8.79. The number of carbonyl (C=O) groups excluding carboxylic acids is 2. The number of nitrogens with zero attached hydrogens (tertiary/aromatic N) is 1. The number of amides is 1. The van der Waals surface area contributed by atoms with Crippen LogP contribution in [-0.2, 0) is 14.3 Å². The topological polar surface area (TPSA) is 127 Å². The van der Waals surface area contributed by atoms with Gasteiger partial charge in [-0.05, 0) is 12.0 Å². The summed E-state index contributed by atoms with van der Waals surface area (Å²) in [7, 11) is 1.26. The number of aromatic amines is 1. The Kier molecular flexibility index (Phi) is 6.79. The summed E-state index contributed by atoms with van der Waals surface area (Å²) in [6, 6.07) is 9.05. The maximum absolute atomic E-state index is 12.7. The van der Waals surface area contributed by atoms with Crippen LogP contribution in [-0.4, -0.2) is 34.2 Å². The molecule has 0 fully saturated rings. The quantitative estimate of drug-likeness (QED) is 0.377. The Hall–Kier alpha value is -2.81. The number of thioether (sulfide) groups is 1. The molecule has 0 radical (unpaired) electrons. The van der Waals surface area contributed by atoms with Crippen molar-refractivity contribution in [2.75, 3.05) is 12.8 Å². The van der Waals surface area contributed by atoms with E-state index < -0.39 is 22.8 Å². The standard InChI is InChI=1S/C17H20N4O4S/c1-3-11(26-17-19-12(18)9-13(22)20-17)15(23)21-14(16(24)25-2)10-7-5-4-6-8-10/h4-9,11,14H,3H2,1-2H3,(H,21,23)(H3,18,19,20,22)/t11-,14-/m0/s1. The molecule has 2 atom stereocenters. The number of hydrogen-bond donors (Lipinski definition) is 3. The lowest BCUT2D eigenvalue weighted by molar-refractivity contribution is -0.145. The average Bonchev–Trinajstić information content (AvgIpc) is 2.63. The number of aromatic nitrogens is 2. The van der Waals surface area contributed by atoms with E-state index in [0.29, 0.717) is 12.0 Å². The molecular weight excluding hydrogens is 356 g/mol. The van der Waals surface area contributed by atoms with Crippen LogP contribution in [0.3, 0.4) is 0 Å². The Labute approximate surface area is 154 Å². The highest BCUT2D eigenvalue weighted by molar-refractivity contribution is 8.00. The SMILES string of the molecule is CC[C@H](Sc1nc(N)cc(=O)[nH]1)C(=O)N[C@H](C(=O)OC)c1ccccc1. The summed E-state index contributed by atoms with van der Waals surface area (Å²) in [4.78, 5) is 42.8. The maximum Gasteiger partial charge on any atom is 0.333 e. The molecule has 2 rings (SSSR count). The monoisotopic (exact) mass is 376 g/mol.